The quantitative estimate of drug-likeness (QED) is 0.788. The van der Waals surface area contributed by atoms with Gasteiger partial charge in [0.05, 0.1) is 12.9 Å². The molecule has 0 aromatic carbocycles. The highest BCUT2D eigenvalue weighted by atomic mass is 32.2. The summed E-state index contributed by atoms with van der Waals surface area (Å²) in [4.78, 5) is 12.2. The van der Waals surface area contributed by atoms with Crippen molar-refractivity contribution in [3.63, 3.8) is 0 Å². The fourth-order valence-electron chi connectivity index (χ4n) is 2.67. The topological polar surface area (TPSA) is 75.7 Å². The van der Waals surface area contributed by atoms with Gasteiger partial charge in [0.2, 0.25) is 15.9 Å². The van der Waals surface area contributed by atoms with Crippen LogP contribution in [0.5, 0.6) is 0 Å². The molecule has 0 spiro atoms. The van der Waals surface area contributed by atoms with E-state index in [1.165, 1.54) is 10.6 Å². The van der Waals surface area contributed by atoms with E-state index in [0.29, 0.717) is 32.0 Å². The monoisotopic (exact) mass is 290 g/mol. The smallest absolute Gasteiger partial charge is 0.238 e. The minimum absolute atomic E-state index is 0.169. The zero-order valence-electron chi connectivity index (χ0n) is 11.3. The number of amides is 1. The summed E-state index contributed by atoms with van der Waals surface area (Å²) < 4.78 is 30.0. The predicted octanol–water partition coefficient (Wildman–Crippen LogP) is -0.0468. The molecule has 6 nitrogen and oxygen atoms in total. The van der Waals surface area contributed by atoms with Gasteiger partial charge in [-0.15, -0.1) is 0 Å². The molecule has 2 rings (SSSR count). The molecule has 1 N–H and O–H groups in total. The van der Waals surface area contributed by atoms with E-state index < -0.39 is 16.1 Å². The van der Waals surface area contributed by atoms with Gasteiger partial charge in [-0.2, -0.15) is 4.31 Å². The summed E-state index contributed by atoms with van der Waals surface area (Å²) in [6, 6.07) is -0.536. The van der Waals surface area contributed by atoms with Crippen LogP contribution in [0.25, 0.3) is 0 Å². The van der Waals surface area contributed by atoms with Gasteiger partial charge in [0.1, 0.15) is 6.04 Å². The Balaban J connectivity index is 1.91. The fraction of sp³-hybridized carbons (Fsp3) is 0.917. The molecule has 2 fully saturated rings. The number of sulfonamides is 1. The first kappa shape index (κ1) is 14.7. The first-order chi connectivity index (χ1) is 8.98. The fourth-order valence-corrected chi connectivity index (χ4v) is 3.80. The Morgan fingerprint density at radius 2 is 2.16 bits per heavy atom. The molecular weight excluding hydrogens is 268 g/mol. The molecule has 2 aliphatic rings. The Morgan fingerprint density at radius 1 is 1.37 bits per heavy atom. The van der Waals surface area contributed by atoms with E-state index in [4.69, 9.17) is 4.74 Å². The van der Waals surface area contributed by atoms with Crippen LogP contribution in [0.4, 0.5) is 0 Å². The van der Waals surface area contributed by atoms with Crippen molar-refractivity contribution < 1.29 is 17.9 Å². The number of carbonyl (C=O) groups is 1. The Labute approximate surface area is 114 Å². The van der Waals surface area contributed by atoms with Crippen molar-refractivity contribution in [3.8, 4) is 0 Å². The van der Waals surface area contributed by atoms with Crippen LogP contribution >= 0.6 is 0 Å². The Hall–Kier alpha value is -0.660. The highest BCUT2D eigenvalue weighted by Crippen LogP contribution is 2.20. The average molecular weight is 290 g/mol. The summed E-state index contributed by atoms with van der Waals surface area (Å²) in [5.41, 5.74) is 0. The number of rotatable bonds is 4. The van der Waals surface area contributed by atoms with E-state index in [-0.39, 0.29) is 5.91 Å². The van der Waals surface area contributed by atoms with Crippen molar-refractivity contribution in [3.05, 3.63) is 0 Å². The van der Waals surface area contributed by atoms with Crippen molar-refractivity contribution in [1.29, 1.82) is 0 Å². The number of carbonyl (C=O) groups excluding carboxylic acids is 1. The maximum atomic E-state index is 12.2. The van der Waals surface area contributed by atoms with Crippen LogP contribution in [-0.4, -0.2) is 57.2 Å². The van der Waals surface area contributed by atoms with E-state index in [9.17, 15) is 13.2 Å². The van der Waals surface area contributed by atoms with Crippen LogP contribution in [0.15, 0.2) is 0 Å². The molecule has 0 aliphatic carbocycles. The molecule has 19 heavy (non-hydrogen) atoms. The summed E-state index contributed by atoms with van der Waals surface area (Å²) in [6.45, 7) is 2.45. The largest absolute Gasteiger partial charge is 0.381 e. The molecule has 2 saturated heterocycles. The van der Waals surface area contributed by atoms with Crippen molar-refractivity contribution in [2.45, 2.75) is 31.7 Å². The third-order valence-electron chi connectivity index (χ3n) is 3.77. The Kier molecular flexibility index (Phi) is 4.81. The van der Waals surface area contributed by atoms with Gasteiger partial charge in [0, 0.05) is 25.6 Å². The normalized spacial score (nSPS) is 29.3. The standard InChI is InChI=1S/C12H22N2O4S/c1-19(16,17)14-6-3-2-4-11(14)12(15)13-8-10-5-7-18-9-10/h10-11H,2-9H2,1H3,(H,13,15). The number of ether oxygens (including phenoxy) is 1. The Bertz CT molecular complexity index is 417. The van der Waals surface area contributed by atoms with Crippen molar-refractivity contribution >= 4 is 15.9 Å². The van der Waals surface area contributed by atoms with Crippen molar-refractivity contribution in [2.24, 2.45) is 5.92 Å². The van der Waals surface area contributed by atoms with Gasteiger partial charge in [-0.1, -0.05) is 6.42 Å². The molecule has 110 valence electrons. The number of nitrogens with one attached hydrogen (secondary N) is 1. The summed E-state index contributed by atoms with van der Waals surface area (Å²) in [5, 5.41) is 2.87. The molecule has 0 radical (unpaired) electrons. The number of nitrogens with zero attached hydrogens (tertiary/aromatic N) is 1. The van der Waals surface area contributed by atoms with Gasteiger partial charge in [-0.05, 0) is 19.3 Å². The SMILES string of the molecule is CS(=O)(=O)N1CCCCC1C(=O)NCC1CCOC1. The first-order valence-electron chi connectivity index (χ1n) is 6.81. The summed E-state index contributed by atoms with van der Waals surface area (Å²) in [7, 11) is -3.31. The summed E-state index contributed by atoms with van der Waals surface area (Å²) >= 11 is 0. The van der Waals surface area contributed by atoms with E-state index in [1.807, 2.05) is 0 Å². The number of hydrogen-bond acceptors (Lipinski definition) is 4. The third-order valence-corrected chi connectivity index (χ3v) is 5.06. The van der Waals surface area contributed by atoms with E-state index in [0.717, 1.165) is 25.9 Å². The molecule has 2 atom stereocenters. The number of piperidine rings is 1. The van der Waals surface area contributed by atoms with Gasteiger partial charge in [0.15, 0.2) is 0 Å². The Morgan fingerprint density at radius 3 is 2.79 bits per heavy atom. The average Bonchev–Trinajstić information content (AvgIpc) is 2.88. The highest BCUT2D eigenvalue weighted by Gasteiger charge is 2.34. The van der Waals surface area contributed by atoms with Gasteiger partial charge in [-0.25, -0.2) is 8.42 Å². The molecule has 2 heterocycles. The van der Waals surface area contributed by atoms with Crippen LogP contribution in [-0.2, 0) is 19.6 Å². The second kappa shape index (κ2) is 6.19. The first-order valence-corrected chi connectivity index (χ1v) is 8.65. The van der Waals surface area contributed by atoms with Crippen LogP contribution < -0.4 is 5.32 Å². The maximum absolute atomic E-state index is 12.2. The molecule has 2 aliphatic heterocycles. The highest BCUT2D eigenvalue weighted by molar-refractivity contribution is 7.88. The molecule has 7 heteroatoms. The minimum atomic E-state index is -3.31. The zero-order valence-corrected chi connectivity index (χ0v) is 12.1. The van der Waals surface area contributed by atoms with Gasteiger partial charge in [0.25, 0.3) is 0 Å². The summed E-state index contributed by atoms with van der Waals surface area (Å²) in [5.74, 6) is 0.191. The van der Waals surface area contributed by atoms with Crippen LogP contribution in [0.1, 0.15) is 25.7 Å². The lowest BCUT2D eigenvalue weighted by Crippen LogP contribution is -2.52. The van der Waals surface area contributed by atoms with Gasteiger partial charge in [-0.3, -0.25) is 4.79 Å². The lowest BCUT2D eigenvalue weighted by Gasteiger charge is -2.32. The van der Waals surface area contributed by atoms with Crippen LogP contribution in [0, 0.1) is 5.92 Å². The lowest BCUT2D eigenvalue weighted by atomic mass is 10.0. The maximum Gasteiger partial charge on any atom is 0.238 e. The van der Waals surface area contributed by atoms with Crippen molar-refractivity contribution in [1.82, 2.24) is 9.62 Å². The van der Waals surface area contributed by atoms with E-state index in [2.05, 4.69) is 5.32 Å². The number of hydrogen-bond donors (Lipinski definition) is 1. The van der Waals surface area contributed by atoms with Gasteiger partial charge >= 0.3 is 0 Å². The lowest BCUT2D eigenvalue weighted by molar-refractivity contribution is -0.125. The van der Waals surface area contributed by atoms with Crippen LogP contribution in [0.2, 0.25) is 0 Å². The zero-order chi connectivity index (χ0) is 13.9. The molecule has 0 bridgehead atoms. The molecule has 1 amide bonds. The molecular formula is C12H22N2O4S. The van der Waals surface area contributed by atoms with Crippen LogP contribution in [0.3, 0.4) is 0 Å². The third kappa shape index (κ3) is 3.90. The molecule has 0 aromatic heterocycles. The van der Waals surface area contributed by atoms with Gasteiger partial charge < -0.3 is 10.1 Å². The molecule has 0 saturated carbocycles. The summed E-state index contributed by atoms with van der Waals surface area (Å²) in [6.07, 6.45) is 4.47. The van der Waals surface area contributed by atoms with Crippen molar-refractivity contribution in [2.75, 3.05) is 32.6 Å². The van der Waals surface area contributed by atoms with E-state index in [1.54, 1.807) is 0 Å². The predicted molar refractivity (Wildman–Crippen MR) is 71.1 cm³/mol. The molecule has 0 aromatic rings. The second-order valence-corrected chi connectivity index (χ2v) is 7.30. The second-order valence-electron chi connectivity index (χ2n) is 5.36. The van der Waals surface area contributed by atoms with E-state index >= 15 is 0 Å². The molecule has 2 unspecified atom stereocenters. The minimum Gasteiger partial charge on any atom is -0.381 e.